The molecule has 0 radical (unpaired) electrons. The molecule has 0 spiro atoms. The van der Waals surface area contributed by atoms with Crippen LogP contribution in [0.1, 0.15) is 13.3 Å². The maximum Gasteiger partial charge on any atom is 0.362 e. The third-order valence-electron chi connectivity index (χ3n) is 1.88. The van der Waals surface area contributed by atoms with E-state index in [2.05, 4.69) is 0 Å². The van der Waals surface area contributed by atoms with Crippen LogP contribution in [0.2, 0.25) is 0 Å². The highest BCUT2D eigenvalue weighted by Crippen LogP contribution is 2.23. The van der Waals surface area contributed by atoms with Crippen molar-refractivity contribution in [3.63, 3.8) is 0 Å². The van der Waals surface area contributed by atoms with Crippen molar-refractivity contribution in [2.24, 2.45) is 5.73 Å². The summed E-state index contributed by atoms with van der Waals surface area (Å²) in [5.74, 6) is -0.746. The Morgan fingerprint density at radius 3 is 2.42 bits per heavy atom. The quantitative estimate of drug-likeness (QED) is 0.422. The van der Waals surface area contributed by atoms with Crippen molar-refractivity contribution in [3.05, 3.63) is 0 Å². The summed E-state index contributed by atoms with van der Waals surface area (Å²) in [6.45, 7) is 1.69. The van der Waals surface area contributed by atoms with Crippen LogP contribution < -0.4 is 5.73 Å². The van der Waals surface area contributed by atoms with Gasteiger partial charge in [0, 0.05) is 0 Å². The first-order valence-electron chi connectivity index (χ1n) is 3.46. The molecule has 3 N–H and O–H groups in total. The number of hydrogen-bond acceptors (Lipinski definition) is 4. The van der Waals surface area contributed by atoms with Gasteiger partial charge >= 0.3 is 10.3 Å². The molecule has 70 valence electrons. The SMILES string of the molecule is CC[C@@H]1[C@H](N)C(=O)N1S(=O)(=O)O. The summed E-state index contributed by atoms with van der Waals surface area (Å²) >= 11 is 0. The normalized spacial score (nSPS) is 30.2. The average molecular weight is 194 g/mol. The Hall–Kier alpha value is -0.660. The zero-order valence-electron chi connectivity index (χ0n) is 6.47. The monoisotopic (exact) mass is 194 g/mol. The summed E-state index contributed by atoms with van der Waals surface area (Å²) in [5, 5.41) is 0. The lowest BCUT2D eigenvalue weighted by atomic mass is 9.98. The van der Waals surface area contributed by atoms with Gasteiger partial charge in [-0.2, -0.15) is 8.42 Å². The minimum absolute atomic E-state index is 0.409. The Balaban J connectivity index is 2.88. The predicted octanol–water partition coefficient (Wildman–Crippen LogP) is -1.26. The lowest BCUT2D eigenvalue weighted by molar-refractivity contribution is -0.140. The Morgan fingerprint density at radius 1 is 1.67 bits per heavy atom. The van der Waals surface area contributed by atoms with E-state index in [-0.39, 0.29) is 0 Å². The molecular weight excluding hydrogens is 184 g/mol. The second-order valence-corrected chi connectivity index (χ2v) is 3.90. The van der Waals surface area contributed by atoms with Gasteiger partial charge in [-0.15, -0.1) is 0 Å². The van der Waals surface area contributed by atoms with Crippen molar-refractivity contribution < 1.29 is 17.8 Å². The fourth-order valence-corrected chi connectivity index (χ4v) is 2.21. The van der Waals surface area contributed by atoms with E-state index < -0.39 is 28.3 Å². The van der Waals surface area contributed by atoms with Crippen LogP contribution in [0.15, 0.2) is 0 Å². The van der Waals surface area contributed by atoms with Crippen molar-refractivity contribution in [1.29, 1.82) is 0 Å². The number of rotatable bonds is 2. The minimum Gasteiger partial charge on any atom is -0.318 e. The number of amides is 1. The molecule has 1 amide bonds. The number of nitrogens with two attached hydrogens (primary N) is 1. The second-order valence-electron chi connectivity index (χ2n) is 2.61. The van der Waals surface area contributed by atoms with Crippen molar-refractivity contribution in [3.8, 4) is 0 Å². The molecular formula is C5H10N2O4S. The van der Waals surface area contributed by atoms with Gasteiger partial charge in [-0.1, -0.05) is 6.92 Å². The van der Waals surface area contributed by atoms with Gasteiger partial charge in [0.2, 0.25) is 0 Å². The molecule has 0 aromatic carbocycles. The summed E-state index contributed by atoms with van der Waals surface area (Å²) in [4.78, 5) is 10.8. The van der Waals surface area contributed by atoms with E-state index in [1.807, 2.05) is 0 Å². The van der Waals surface area contributed by atoms with Crippen molar-refractivity contribution in [2.45, 2.75) is 25.4 Å². The van der Waals surface area contributed by atoms with E-state index in [1.54, 1.807) is 6.92 Å². The van der Waals surface area contributed by atoms with Gasteiger partial charge in [0.15, 0.2) is 0 Å². The van der Waals surface area contributed by atoms with Crippen molar-refractivity contribution in [2.75, 3.05) is 0 Å². The summed E-state index contributed by atoms with van der Waals surface area (Å²) in [6, 6.07) is -1.38. The maximum atomic E-state index is 10.8. The van der Waals surface area contributed by atoms with Crippen LogP contribution in [0.3, 0.4) is 0 Å². The first-order valence-corrected chi connectivity index (χ1v) is 4.85. The zero-order valence-corrected chi connectivity index (χ0v) is 7.28. The lowest BCUT2D eigenvalue weighted by Crippen LogP contribution is -2.69. The summed E-state index contributed by atoms with van der Waals surface area (Å²) in [7, 11) is -4.41. The number of carbonyl (C=O) groups is 1. The third kappa shape index (κ3) is 1.19. The molecule has 1 fully saturated rings. The topological polar surface area (TPSA) is 101 Å². The first-order chi connectivity index (χ1) is 5.39. The summed E-state index contributed by atoms with van der Waals surface area (Å²) in [6.07, 6.45) is 0.409. The predicted molar refractivity (Wildman–Crippen MR) is 40.4 cm³/mol. The highest BCUT2D eigenvalue weighted by molar-refractivity contribution is 7.84. The highest BCUT2D eigenvalue weighted by atomic mass is 32.2. The van der Waals surface area contributed by atoms with Gasteiger partial charge in [-0.3, -0.25) is 9.35 Å². The number of nitrogens with zero attached hydrogens (tertiary/aromatic N) is 1. The van der Waals surface area contributed by atoms with E-state index >= 15 is 0 Å². The molecule has 1 heterocycles. The van der Waals surface area contributed by atoms with Crippen LogP contribution >= 0.6 is 0 Å². The van der Waals surface area contributed by atoms with Gasteiger partial charge < -0.3 is 5.73 Å². The van der Waals surface area contributed by atoms with Gasteiger partial charge in [0.05, 0.1) is 6.04 Å². The Morgan fingerprint density at radius 2 is 2.17 bits per heavy atom. The number of β-lactam (4-membered cyclic amide) rings is 1. The molecule has 0 aromatic heterocycles. The summed E-state index contributed by atoms with van der Waals surface area (Å²) in [5.41, 5.74) is 5.30. The van der Waals surface area contributed by atoms with Crippen LogP contribution in [-0.2, 0) is 15.1 Å². The lowest BCUT2D eigenvalue weighted by Gasteiger charge is -2.41. The van der Waals surface area contributed by atoms with Gasteiger partial charge in [0.1, 0.15) is 6.04 Å². The molecule has 2 atom stereocenters. The molecule has 0 saturated carbocycles. The van der Waals surface area contributed by atoms with Gasteiger partial charge in [-0.25, -0.2) is 4.31 Å². The first kappa shape index (κ1) is 9.43. The van der Waals surface area contributed by atoms with Crippen LogP contribution in [0, 0.1) is 0 Å². The average Bonchev–Trinajstić information content (AvgIpc) is 1.95. The third-order valence-corrected chi connectivity index (χ3v) is 2.83. The van der Waals surface area contributed by atoms with E-state index in [9.17, 15) is 13.2 Å². The molecule has 0 aliphatic carbocycles. The van der Waals surface area contributed by atoms with Crippen LogP contribution in [-0.4, -0.2) is 35.3 Å². The second kappa shape index (κ2) is 2.68. The molecule has 1 aliphatic heterocycles. The largest absolute Gasteiger partial charge is 0.362 e. The van der Waals surface area contributed by atoms with Gasteiger partial charge in [-0.05, 0) is 6.42 Å². The molecule has 0 aromatic rings. The minimum atomic E-state index is -4.41. The van der Waals surface area contributed by atoms with Crippen LogP contribution in [0.4, 0.5) is 0 Å². The molecule has 0 bridgehead atoms. The van der Waals surface area contributed by atoms with E-state index in [0.29, 0.717) is 10.7 Å². The summed E-state index contributed by atoms with van der Waals surface area (Å²) < 4.78 is 30.1. The van der Waals surface area contributed by atoms with Crippen molar-refractivity contribution in [1.82, 2.24) is 4.31 Å². The fourth-order valence-electron chi connectivity index (χ4n) is 1.24. The van der Waals surface area contributed by atoms with Gasteiger partial charge in [0.25, 0.3) is 5.91 Å². The standard InChI is InChI=1S/C5H10N2O4S/c1-2-3-4(6)5(8)7(3)12(9,10)11/h3-4H,2,6H2,1H3,(H,9,10,11)/t3-,4+/m1/s1. The molecule has 1 rings (SSSR count). The molecule has 0 unspecified atom stereocenters. The van der Waals surface area contributed by atoms with Crippen LogP contribution in [0.25, 0.3) is 0 Å². The zero-order chi connectivity index (χ0) is 9.52. The molecule has 7 heteroatoms. The smallest absolute Gasteiger partial charge is 0.318 e. The maximum absolute atomic E-state index is 10.8. The fraction of sp³-hybridized carbons (Fsp3) is 0.800. The van der Waals surface area contributed by atoms with E-state index in [4.69, 9.17) is 10.3 Å². The number of hydrogen-bond donors (Lipinski definition) is 2. The Bertz CT molecular complexity index is 299. The molecule has 1 saturated heterocycles. The van der Waals surface area contributed by atoms with E-state index in [0.717, 1.165) is 0 Å². The number of carbonyl (C=O) groups excluding carboxylic acids is 1. The van der Waals surface area contributed by atoms with E-state index in [1.165, 1.54) is 0 Å². The van der Waals surface area contributed by atoms with Crippen LogP contribution in [0.5, 0.6) is 0 Å². The Labute approximate surface area is 70.2 Å². The Kier molecular flexibility index (Phi) is 2.11. The molecule has 6 nitrogen and oxygen atoms in total. The highest BCUT2D eigenvalue weighted by Gasteiger charge is 2.49. The molecule has 12 heavy (non-hydrogen) atoms. The molecule has 1 aliphatic rings. The van der Waals surface area contributed by atoms with Crippen molar-refractivity contribution >= 4 is 16.2 Å².